The Kier molecular flexibility index (Phi) is 4.07. The maximum atomic E-state index is 11.7. The van der Waals surface area contributed by atoms with Crippen LogP contribution in [0.3, 0.4) is 0 Å². The second-order valence-electron chi connectivity index (χ2n) is 5.51. The van der Waals surface area contributed by atoms with Gasteiger partial charge < -0.3 is 9.47 Å². The molecule has 0 aliphatic heterocycles. The van der Waals surface area contributed by atoms with Gasteiger partial charge in [-0.15, -0.1) is 11.6 Å². The van der Waals surface area contributed by atoms with Crippen LogP contribution in [0.15, 0.2) is 0 Å². The Balaban J connectivity index is 2.56. The highest BCUT2D eigenvalue weighted by Gasteiger charge is 2.54. The summed E-state index contributed by atoms with van der Waals surface area (Å²) in [6.07, 6.45) is 1.69. The third-order valence-corrected chi connectivity index (χ3v) is 3.40. The summed E-state index contributed by atoms with van der Waals surface area (Å²) in [5.74, 6) is -0.794. The number of carbonyl (C=O) groups is 2. The fourth-order valence-corrected chi connectivity index (χ4v) is 2.08. The lowest BCUT2D eigenvalue weighted by Crippen LogP contribution is -2.32. The standard InChI is InChI=1S/C12H19ClO4/c1-11(2,3)17-8(14)7-12(5-6-12)9(13)10(15)16-4/h9H,5-7H2,1-4H3/t9-/m0/s1. The third kappa shape index (κ3) is 3.87. The molecule has 0 saturated heterocycles. The van der Waals surface area contributed by atoms with Crippen LogP contribution in [-0.4, -0.2) is 30.0 Å². The van der Waals surface area contributed by atoms with Gasteiger partial charge in [0.2, 0.25) is 0 Å². The normalized spacial score (nSPS) is 19.4. The first-order chi connectivity index (χ1) is 7.70. The summed E-state index contributed by atoms with van der Waals surface area (Å²) in [7, 11) is 1.29. The van der Waals surface area contributed by atoms with E-state index in [0.717, 1.165) is 12.8 Å². The van der Waals surface area contributed by atoms with E-state index in [1.165, 1.54) is 7.11 Å². The molecule has 0 spiro atoms. The molecule has 1 fully saturated rings. The highest BCUT2D eigenvalue weighted by molar-refractivity contribution is 6.30. The Labute approximate surface area is 107 Å². The molecule has 0 unspecified atom stereocenters. The molecule has 0 aromatic rings. The summed E-state index contributed by atoms with van der Waals surface area (Å²) >= 11 is 6.02. The molecule has 0 aromatic heterocycles. The van der Waals surface area contributed by atoms with E-state index in [9.17, 15) is 9.59 Å². The topological polar surface area (TPSA) is 52.6 Å². The zero-order valence-corrected chi connectivity index (χ0v) is 11.5. The highest BCUT2D eigenvalue weighted by atomic mass is 35.5. The predicted molar refractivity (Wildman–Crippen MR) is 63.8 cm³/mol. The van der Waals surface area contributed by atoms with E-state index in [1.807, 2.05) is 20.8 Å². The molecule has 0 aromatic carbocycles. The van der Waals surface area contributed by atoms with E-state index >= 15 is 0 Å². The molecular weight excluding hydrogens is 244 g/mol. The van der Waals surface area contributed by atoms with Crippen molar-refractivity contribution in [1.29, 1.82) is 0 Å². The molecule has 5 heteroatoms. The number of methoxy groups -OCH3 is 1. The van der Waals surface area contributed by atoms with E-state index in [4.69, 9.17) is 16.3 Å². The van der Waals surface area contributed by atoms with Gasteiger partial charge in [-0.3, -0.25) is 9.59 Å². The number of ether oxygens (including phenoxy) is 2. The molecule has 0 radical (unpaired) electrons. The lowest BCUT2D eigenvalue weighted by atomic mass is 9.97. The van der Waals surface area contributed by atoms with Crippen molar-refractivity contribution in [3.05, 3.63) is 0 Å². The summed E-state index contributed by atoms with van der Waals surface area (Å²) in [4.78, 5) is 23.1. The Morgan fingerprint density at radius 2 is 1.88 bits per heavy atom. The van der Waals surface area contributed by atoms with Gasteiger partial charge in [-0.1, -0.05) is 0 Å². The number of alkyl halides is 1. The molecule has 0 heterocycles. The summed E-state index contributed by atoms with van der Waals surface area (Å²) in [6, 6.07) is 0. The molecule has 1 atom stereocenters. The van der Waals surface area contributed by atoms with Gasteiger partial charge in [-0.2, -0.15) is 0 Å². The molecule has 1 aliphatic carbocycles. The molecule has 0 N–H and O–H groups in total. The van der Waals surface area contributed by atoms with Crippen molar-refractivity contribution in [2.45, 2.75) is 51.0 Å². The van der Waals surface area contributed by atoms with Crippen molar-refractivity contribution in [3.8, 4) is 0 Å². The minimum absolute atomic E-state index is 0.174. The number of hydrogen-bond acceptors (Lipinski definition) is 4. The van der Waals surface area contributed by atoms with Crippen LogP contribution in [0.25, 0.3) is 0 Å². The van der Waals surface area contributed by atoms with Crippen LogP contribution in [-0.2, 0) is 19.1 Å². The molecule has 0 amide bonds. The first kappa shape index (κ1) is 14.3. The lowest BCUT2D eigenvalue weighted by molar-refractivity contribution is -0.156. The van der Waals surface area contributed by atoms with Crippen molar-refractivity contribution >= 4 is 23.5 Å². The molecule has 4 nitrogen and oxygen atoms in total. The van der Waals surface area contributed by atoms with Crippen LogP contribution in [0.1, 0.15) is 40.0 Å². The largest absolute Gasteiger partial charge is 0.468 e. The van der Waals surface area contributed by atoms with Gasteiger partial charge in [0.15, 0.2) is 0 Å². The minimum Gasteiger partial charge on any atom is -0.468 e. The zero-order valence-electron chi connectivity index (χ0n) is 10.7. The van der Waals surface area contributed by atoms with E-state index in [2.05, 4.69) is 4.74 Å². The summed E-state index contributed by atoms with van der Waals surface area (Å²) < 4.78 is 9.83. The van der Waals surface area contributed by atoms with Crippen molar-refractivity contribution in [2.24, 2.45) is 5.41 Å². The second kappa shape index (κ2) is 4.84. The first-order valence-corrected chi connectivity index (χ1v) is 6.08. The lowest BCUT2D eigenvalue weighted by Gasteiger charge is -2.23. The SMILES string of the molecule is COC(=O)[C@H](Cl)C1(CC(=O)OC(C)(C)C)CC1. The number of esters is 2. The summed E-state index contributed by atoms with van der Waals surface area (Å²) in [5.41, 5.74) is -0.975. The highest BCUT2D eigenvalue weighted by Crippen LogP contribution is 2.54. The molecule has 17 heavy (non-hydrogen) atoms. The number of hydrogen-bond donors (Lipinski definition) is 0. The average Bonchev–Trinajstić information content (AvgIpc) is 2.93. The van der Waals surface area contributed by atoms with Crippen LogP contribution in [0.4, 0.5) is 0 Å². The Morgan fingerprint density at radius 3 is 2.24 bits per heavy atom. The maximum Gasteiger partial charge on any atom is 0.324 e. The molecule has 1 aliphatic rings. The number of rotatable bonds is 4. The number of halogens is 1. The van der Waals surface area contributed by atoms with Crippen molar-refractivity contribution in [2.75, 3.05) is 7.11 Å². The average molecular weight is 263 g/mol. The Hall–Kier alpha value is -0.770. The van der Waals surface area contributed by atoms with Gasteiger partial charge in [-0.05, 0) is 33.6 Å². The van der Waals surface area contributed by atoms with Gasteiger partial charge in [0.25, 0.3) is 0 Å². The molecule has 1 saturated carbocycles. The van der Waals surface area contributed by atoms with Crippen LogP contribution in [0, 0.1) is 5.41 Å². The van der Waals surface area contributed by atoms with E-state index in [1.54, 1.807) is 0 Å². The molecule has 0 bridgehead atoms. The van der Waals surface area contributed by atoms with Gasteiger partial charge in [0, 0.05) is 5.41 Å². The Bertz CT molecular complexity index is 315. The van der Waals surface area contributed by atoms with Gasteiger partial charge >= 0.3 is 11.9 Å². The van der Waals surface area contributed by atoms with Crippen molar-refractivity contribution in [1.82, 2.24) is 0 Å². The van der Waals surface area contributed by atoms with E-state index in [-0.39, 0.29) is 12.4 Å². The maximum absolute atomic E-state index is 11.7. The van der Waals surface area contributed by atoms with Crippen LogP contribution < -0.4 is 0 Å². The summed E-state index contributed by atoms with van der Waals surface area (Å²) in [6.45, 7) is 5.43. The third-order valence-electron chi connectivity index (χ3n) is 2.75. The number of carbonyl (C=O) groups excluding carboxylic acids is 2. The molecule has 98 valence electrons. The second-order valence-corrected chi connectivity index (χ2v) is 5.95. The minimum atomic E-state index is -0.764. The fraction of sp³-hybridized carbons (Fsp3) is 0.833. The van der Waals surface area contributed by atoms with Crippen LogP contribution >= 0.6 is 11.6 Å². The zero-order chi connectivity index (χ0) is 13.3. The van der Waals surface area contributed by atoms with Gasteiger partial charge in [0.05, 0.1) is 13.5 Å². The smallest absolute Gasteiger partial charge is 0.324 e. The van der Waals surface area contributed by atoms with Gasteiger partial charge in [-0.25, -0.2) is 0 Å². The summed E-state index contributed by atoms with van der Waals surface area (Å²) in [5, 5.41) is -0.764. The van der Waals surface area contributed by atoms with E-state index < -0.39 is 22.4 Å². The quantitative estimate of drug-likeness (QED) is 0.576. The first-order valence-electron chi connectivity index (χ1n) is 5.64. The predicted octanol–water partition coefficient (Wildman–Crippen LogP) is 2.28. The fourth-order valence-electron chi connectivity index (χ4n) is 1.70. The molecular formula is C12H19ClO4. The van der Waals surface area contributed by atoms with Crippen LogP contribution in [0.5, 0.6) is 0 Å². The van der Waals surface area contributed by atoms with Crippen molar-refractivity contribution in [3.63, 3.8) is 0 Å². The van der Waals surface area contributed by atoms with E-state index in [0.29, 0.717) is 0 Å². The van der Waals surface area contributed by atoms with Crippen molar-refractivity contribution < 1.29 is 19.1 Å². The Morgan fingerprint density at radius 1 is 1.35 bits per heavy atom. The van der Waals surface area contributed by atoms with Gasteiger partial charge in [0.1, 0.15) is 11.0 Å². The molecule has 1 rings (SSSR count). The monoisotopic (exact) mass is 262 g/mol. The van der Waals surface area contributed by atoms with Crippen LogP contribution in [0.2, 0.25) is 0 Å².